The van der Waals surface area contributed by atoms with Gasteiger partial charge in [0.25, 0.3) is 11.6 Å². The molecule has 0 saturated heterocycles. The van der Waals surface area contributed by atoms with Crippen LogP contribution in [0.5, 0.6) is 0 Å². The summed E-state index contributed by atoms with van der Waals surface area (Å²) in [6, 6.07) is 10.8. The van der Waals surface area contributed by atoms with Crippen LogP contribution in [0.15, 0.2) is 42.5 Å². The first-order chi connectivity index (χ1) is 15.1. The second-order valence-corrected chi connectivity index (χ2v) is 8.10. The van der Waals surface area contributed by atoms with Crippen molar-refractivity contribution in [2.24, 2.45) is 5.92 Å². The molecule has 0 aromatic heterocycles. The number of hydrogen-bond acceptors (Lipinski definition) is 5. The average Bonchev–Trinajstić information content (AvgIpc) is 2.71. The summed E-state index contributed by atoms with van der Waals surface area (Å²) < 4.78 is 0. The van der Waals surface area contributed by atoms with Gasteiger partial charge in [0.1, 0.15) is 0 Å². The van der Waals surface area contributed by atoms with Gasteiger partial charge in [-0.2, -0.15) is 0 Å². The van der Waals surface area contributed by atoms with E-state index < -0.39 is 22.6 Å². The first kappa shape index (κ1) is 24.8. The van der Waals surface area contributed by atoms with Gasteiger partial charge in [-0.05, 0) is 36.6 Å². The maximum Gasteiger partial charge on any atom is 0.270 e. The fraction of sp³-hybridized carbons (Fsp3) is 0.318. The number of non-ortho nitro benzene ring substituents is 1. The number of nitrogens with zero attached hydrogens (tertiary/aromatic N) is 2. The standard InChI is InChI=1S/C22H25ClN4O5/c1-14(2)12-26(22(30)18-8-7-17(27(31)32)10-19(18)23)13-21(29)24-11-20(28)25-16-6-4-5-15(3)9-16/h4-10,14H,11-13H2,1-3H3,(H,24,29)(H,25,28). The highest BCUT2D eigenvalue weighted by Gasteiger charge is 2.23. The minimum absolute atomic E-state index is 0.0493. The molecule has 2 aromatic carbocycles. The minimum Gasteiger partial charge on any atom is -0.345 e. The molecule has 0 aliphatic rings. The minimum atomic E-state index is -0.610. The predicted octanol–water partition coefficient (Wildman–Crippen LogP) is 3.41. The summed E-state index contributed by atoms with van der Waals surface area (Å²) in [5, 5.41) is 16.0. The van der Waals surface area contributed by atoms with Crippen LogP contribution in [0.2, 0.25) is 5.02 Å². The molecular weight excluding hydrogens is 436 g/mol. The molecular formula is C22H25ClN4O5. The van der Waals surface area contributed by atoms with Crippen molar-refractivity contribution in [1.82, 2.24) is 10.2 Å². The summed E-state index contributed by atoms with van der Waals surface area (Å²) in [5.41, 5.74) is 1.43. The number of amides is 3. The van der Waals surface area contributed by atoms with Gasteiger partial charge in [-0.25, -0.2) is 0 Å². The summed E-state index contributed by atoms with van der Waals surface area (Å²) in [6.45, 7) is 5.37. The molecule has 3 amide bonds. The van der Waals surface area contributed by atoms with Gasteiger partial charge in [-0.15, -0.1) is 0 Å². The highest BCUT2D eigenvalue weighted by molar-refractivity contribution is 6.34. The number of carbonyl (C=O) groups is 3. The lowest BCUT2D eigenvalue weighted by atomic mass is 10.1. The van der Waals surface area contributed by atoms with E-state index in [2.05, 4.69) is 10.6 Å². The molecule has 10 heteroatoms. The Morgan fingerprint density at radius 3 is 2.44 bits per heavy atom. The topological polar surface area (TPSA) is 122 Å². The average molecular weight is 461 g/mol. The Balaban J connectivity index is 2.01. The molecule has 0 atom stereocenters. The molecule has 0 aliphatic heterocycles. The molecule has 170 valence electrons. The Labute approximate surface area is 190 Å². The first-order valence-corrected chi connectivity index (χ1v) is 10.3. The number of nitro benzene ring substituents is 1. The Morgan fingerprint density at radius 1 is 1.12 bits per heavy atom. The van der Waals surface area contributed by atoms with Crippen LogP contribution in [0.25, 0.3) is 0 Å². The lowest BCUT2D eigenvalue weighted by molar-refractivity contribution is -0.384. The van der Waals surface area contributed by atoms with E-state index in [1.807, 2.05) is 32.9 Å². The molecule has 0 fully saturated rings. The monoisotopic (exact) mass is 460 g/mol. The molecule has 0 aliphatic carbocycles. The van der Waals surface area contributed by atoms with Gasteiger partial charge < -0.3 is 15.5 Å². The normalized spacial score (nSPS) is 10.5. The fourth-order valence-electron chi connectivity index (χ4n) is 2.96. The van der Waals surface area contributed by atoms with Crippen molar-refractivity contribution in [3.63, 3.8) is 0 Å². The Bertz CT molecular complexity index is 1030. The SMILES string of the molecule is Cc1cccc(NC(=O)CNC(=O)CN(CC(C)C)C(=O)c2ccc([N+](=O)[O-])cc2Cl)c1. The number of halogens is 1. The van der Waals surface area contributed by atoms with Crippen molar-refractivity contribution in [2.45, 2.75) is 20.8 Å². The van der Waals surface area contributed by atoms with Crippen LogP contribution in [0.3, 0.4) is 0 Å². The zero-order valence-electron chi connectivity index (χ0n) is 18.1. The van der Waals surface area contributed by atoms with Crippen molar-refractivity contribution < 1.29 is 19.3 Å². The van der Waals surface area contributed by atoms with Crippen LogP contribution < -0.4 is 10.6 Å². The third-order valence-electron chi connectivity index (χ3n) is 4.35. The lowest BCUT2D eigenvalue weighted by Gasteiger charge is -2.24. The maximum atomic E-state index is 12.9. The molecule has 0 spiro atoms. The van der Waals surface area contributed by atoms with E-state index in [-0.39, 0.29) is 41.8 Å². The van der Waals surface area contributed by atoms with E-state index in [0.29, 0.717) is 5.69 Å². The van der Waals surface area contributed by atoms with Gasteiger partial charge in [-0.3, -0.25) is 24.5 Å². The maximum absolute atomic E-state index is 12.9. The van der Waals surface area contributed by atoms with E-state index in [1.54, 1.807) is 12.1 Å². The van der Waals surface area contributed by atoms with E-state index in [4.69, 9.17) is 11.6 Å². The van der Waals surface area contributed by atoms with Crippen molar-refractivity contribution in [3.05, 3.63) is 68.7 Å². The van der Waals surface area contributed by atoms with Gasteiger partial charge >= 0.3 is 0 Å². The van der Waals surface area contributed by atoms with Crippen LogP contribution in [0, 0.1) is 23.0 Å². The van der Waals surface area contributed by atoms with Crippen LogP contribution in [-0.4, -0.2) is 47.2 Å². The van der Waals surface area contributed by atoms with Crippen LogP contribution in [0.4, 0.5) is 11.4 Å². The Kier molecular flexibility index (Phi) is 8.71. The Morgan fingerprint density at radius 2 is 1.84 bits per heavy atom. The molecule has 2 N–H and O–H groups in total. The van der Waals surface area contributed by atoms with E-state index in [9.17, 15) is 24.5 Å². The molecule has 9 nitrogen and oxygen atoms in total. The summed E-state index contributed by atoms with van der Waals surface area (Å²) >= 11 is 6.07. The zero-order chi connectivity index (χ0) is 23.8. The number of aryl methyl sites for hydroxylation is 1. The first-order valence-electron chi connectivity index (χ1n) is 9.93. The lowest BCUT2D eigenvalue weighted by Crippen LogP contribution is -2.44. The number of nitrogens with one attached hydrogen (secondary N) is 2. The number of hydrogen-bond donors (Lipinski definition) is 2. The third-order valence-corrected chi connectivity index (χ3v) is 4.66. The van der Waals surface area contributed by atoms with Gasteiger partial charge in [0.2, 0.25) is 11.8 Å². The summed E-state index contributed by atoms with van der Waals surface area (Å²) in [5.74, 6) is -1.40. The number of carbonyl (C=O) groups excluding carboxylic acids is 3. The molecule has 0 bridgehead atoms. The molecule has 0 heterocycles. The third kappa shape index (κ3) is 7.35. The summed E-state index contributed by atoms with van der Waals surface area (Å²) in [6.07, 6.45) is 0. The number of anilines is 1. The largest absolute Gasteiger partial charge is 0.345 e. The molecule has 0 radical (unpaired) electrons. The smallest absolute Gasteiger partial charge is 0.270 e. The fourth-order valence-corrected chi connectivity index (χ4v) is 3.21. The second kappa shape index (κ2) is 11.2. The van der Waals surface area contributed by atoms with Gasteiger partial charge in [0, 0.05) is 24.4 Å². The Hall–Kier alpha value is -3.46. The number of benzene rings is 2. The molecule has 32 heavy (non-hydrogen) atoms. The van der Waals surface area contributed by atoms with E-state index >= 15 is 0 Å². The number of nitro groups is 1. The van der Waals surface area contributed by atoms with E-state index in [1.165, 1.54) is 17.0 Å². The van der Waals surface area contributed by atoms with Crippen LogP contribution in [0.1, 0.15) is 29.8 Å². The van der Waals surface area contributed by atoms with Crippen LogP contribution in [-0.2, 0) is 9.59 Å². The summed E-state index contributed by atoms with van der Waals surface area (Å²) in [4.78, 5) is 49.0. The highest BCUT2D eigenvalue weighted by atomic mass is 35.5. The molecule has 0 unspecified atom stereocenters. The quantitative estimate of drug-likeness (QED) is 0.438. The van der Waals surface area contributed by atoms with E-state index in [0.717, 1.165) is 11.6 Å². The molecule has 2 aromatic rings. The molecule has 2 rings (SSSR count). The van der Waals surface area contributed by atoms with Crippen molar-refractivity contribution in [2.75, 3.05) is 25.0 Å². The van der Waals surface area contributed by atoms with Gasteiger partial charge in [0.15, 0.2) is 0 Å². The number of rotatable bonds is 9. The second-order valence-electron chi connectivity index (χ2n) is 7.70. The highest BCUT2D eigenvalue weighted by Crippen LogP contribution is 2.24. The molecule has 0 saturated carbocycles. The summed E-state index contributed by atoms with van der Waals surface area (Å²) in [7, 11) is 0. The van der Waals surface area contributed by atoms with Gasteiger partial charge in [-0.1, -0.05) is 37.6 Å². The van der Waals surface area contributed by atoms with Gasteiger partial charge in [0.05, 0.1) is 28.6 Å². The van der Waals surface area contributed by atoms with Crippen LogP contribution >= 0.6 is 11.6 Å². The van der Waals surface area contributed by atoms with Crippen molar-refractivity contribution in [3.8, 4) is 0 Å². The predicted molar refractivity (Wildman–Crippen MR) is 122 cm³/mol. The zero-order valence-corrected chi connectivity index (χ0v) is 18.8. The van der Waals surface area contributed by atoms with Crippen molar-refractivity contribution >= 4 is 40.7 Å². The van der Waals surface area contributed by atoms with Crippen molar-refractivity contribution in [1.29, 1.82) is 0 Å².